The van der Waals surface area contributed by atoms with E-state index in [0.29, 0.717) is 22.5 Å². The van der Waals surface area contributed by atoms with E-state index >= 15 is 0 Å². The molecule has 1 heterocycles. The molecule has 44 heavy (non-hydrogen) atoms. The van der Waals surface area contributed by atoms with Gasteiger partial charge in [-0.05, 0) is 41.5 Å². The molecule has 3 atom stereocenters. The summed E-state index contributed by atoms with van der Waals surface area (Å²) < 4.78 is 41.8. The van der Waals surface area contributed by atoms with Crippen LogP contribution in [-0.2, 0) is 14.4 Å². The average molecular weight is 601 g/mol. The van der Waals surface area contributed by atoms with E-state index in [1.165, 1.54) is 18.2 Å². The molecule has 1 aliphatic heterocycles. The van der Waals surface area contributed by atoms with Gasteiger partial charge in [0.25, 0.3) is 5.91 Å². The molecule has 0 bridgehead atoms. The maximum absolute atomic E-state index is 14.2. The largest absolute Gasteiger partial charge is 0.396 e. The molecule has 1 unspecified atom stereocenters. The third kappa shape index (κ3) is 6.23. The summed E-state index contributed by atoms with van der Waals surface area (Å²) in [6.07, 6.45) is -1.57. The van der Waals surface area contributed by atoms with Gasteiger partial charge in [-0.3, -0.25) is 19.3 Å². The van der Waals surface area contributed by atoms with E-state index in [1.54, 1.807) is 54.6 Å². The van der Waals surface area contributed by atoms with Crippen LogP contribution in [0.5, 0.6) is 0 Å². The van der Waals surface area contributed by atoms with Crippen molar-refractivity contribution in [3.8, 4) is 0 Å². The lowest BCUT2D eigenvalue weighted by atomic mass is 9.81. The van der Waals surface area contributed by atoms with Crippen LogP contribution < -0.4 is 16.0 Å². The van der Waals surface area contributed by atoms with E-state index in [4.69, 9.17) is 5.73 Å². The van der Waals surface area contributed by atoms with E-state index in [1.807, 2.05) is 0 Å². The highest BCUT2D eigenvalue weighted by atomic mass is 19.2. The van der Waals surface area contributed by atoms with Crippen LogP contribution >= 0.6 is 0 Å². The van der Waals surface area contributed by atoms with E-state index < -0.39 is 66.3 Å². The summed E-state index contributed by atoms with van der Waals surface area (Å²) >= 11 is 0. The molecule has 0 radical (unpaired) electrons. The lowest BCUT2D eigenvalue weighted by Gasteiger charge is -2.28. The number of nitrogens with one attached hydrogen (secondary N) is 1. The summed E-state index contributed by atoms with van der Waals surface area (Å²) in [5, 5.41) is 13.0. The van der Waals surface area contributed by atoms with Crippen molar-refractivity contribution < 1.29 is 32.7 Å². The zero-order valence-corrected chi connectivity index (χ0v) is 23.2. The first kappa shape index (κ1) is 30.2. The number of para-hydroxylation sites is 1. The molecule has 1 aliphatic rings. The van der Waals surface area contributed by atoms with Crippen molar-refractivity contribution >= 4 is 29.1 Å². The second-order valence-electron chi connectivity index (χ2n) is 10.2. The van der Waals surface area contributed by atoms with Crippen LogP contribution in [-0.4, -0.2) is 47.9 Å². The fraction of sp³-hybridized carbons (Fsp3) is 0.152. The minimum atomic E-state index is -1.57. The van der Waals surface area contributed by atoms with Crippen molar-refractivity contribution in [2.24, 2.45) is 10.7 Å². The number of aliphatic hydroxyl groups is 1. The molecular weight excluding hydrogens is 573 g/mol. The molecule has 4 aromatic rings. The van der Waals surface area contributed by atoms with Gasteiger partial charge in [-0.2, -0.15) is 0 Å². The van der Waals surface area contributed by atoms with E-state index in [2.05, 4.69) is 10.3 Å². The fourth-order valence-corrected chi connectivity index (χ4v) is 5.28. The predicted octanol–water partition coefficient (Wildman–Crippen LogP) is 3.78. The summed E-state index contributed by atoms with van der Waals surface area (Å²) in [6, 6.07) is 23.5. The zero-order chi connectivity index (χ0) is 31.4. The van der Waals surface area contributed by atoms with Crippen LogP contribution in [0.15, 0.2) is 102 Å². The van der Waals surface area contributed by atoms with Gasteiger partial charge in [0, 0.05) is 17.0 Å². The minimum absolute atomic E-state index is 0.0966. The summed E-state index contributed by atoms with van der Waals surface area (Å²) in [4.78, 5) is 45.9. The van der Waals surface area contributed by atoms with Gasteiger partial charge in [-0.15, -0.1) is 0 Å². The lowest BCUT2D eigenvalue weighted by Crippen LogP contribution is -2.51. The summed E-state index contributed by atoms with van der Waals surface area (Å²) in [7, 11) is 0. The number of anilines is 1. The second kappa shape index (κ2) is 12.9. The van der Waals surface area contributed by atoms with Gasteiger partial charge in [0.2, 0.25) is 18.0 Å². The Morgan fingerprint density at radius 1 is 0.886 bits per heavy atom. The molecule has 0 saturated heterocycles. The lowest BCUT2D eigenvalue weighted by molar-refractivity contribution is -0.129. The van der Waals surface area contributed by atoms with Crippen molar-refractivity contribution in [2.45, 2.75) is 18.0 Å². The van der Waals surface area contributed by atoms with Crippen LogP contribution in [0.2, 0.25) is 0 Å². The fourth-order valence-electron chi connectivity index (χ4n) is 5.28. The summed E-state index contributed by atoms with van der Waals surface area (Å²) in [6.45, 7) is -1.19. The molecule has 0 aliphatic carbocycles. The van der Waals surface area contributed by atoms with Gasteiger partial charge in [0.1, 0.15) is 12.4 Å². The Morgan fingerprint density at radius 3 is 2.20 bits per heavy atom. The molecule has 8 nitrogen and oxygen atoms in total. The van der Waals surface area contributed by atoms with Gasteiger partial charge in [-0.1, -0.05) is 66.7 Å². The van der Waals surface area contributed by atoms with Crippen LogP contribution in [0.3, 0.4) is 0 Å². The Kier molecular flexibility index (Phi) is 8.86. The summed E-state index contributed by atoms with van der Waals surface area (Å²) in [5.74, 6) is -7.70. The topological polar surface area (TPSA) is 125 Å². The van der Waals surface area contributed by atoms with Crippen molar-refractivity contribution in [3.05, 3.63) is 137 Å². The second-order valence-corrected chi connectivity index (χ2v) is 10.2. The van der Waals surface area contributed by atoms with E-state index in [9.17, 15) is 32.7 Å². The number of benzodiazepines with no additional fused rings is 1. The Bertz CT molecular complexity index is 1730. The highest BCUT2D eigenvalue weighted by Gasteiger charge is 2.38. The van der Waals surface area contributed by atoms with Crippen molar-refractivity contribution in [3.63, 3.8) is 0 Å². The molecule has 4 N–H and O–H groups in total. The average Bonchev–Trinajstić information content (AvgIpc) is 3.13. The smallest absolute Gasteiger partial charge is 0.272 e. The molecule has 5 rings (SSSR count). The molecule has 3 amide bonds. The number of benzene rings is 4. The highest BCUT2D eigenvalue weighted by molar-refractivity contribution is 6.21. The number of aliphatic hydroxyl groups excluding tert-OH is 1. The number of primary amides is 1. The minimum Gasteiger partial charge on any atom is -0.396 e. The first-order valence-corrected chi connectivity index (χ1v) is 13.6. The van der Waals surface area contributed by atoms with Gasteiger partial charge in [-0.25, -0.2) is 18.2 Å². The standard InChI is InChI=1S/C33H27F3N4O4/c34-22-13-10-19(11-14-22)29(24(18-41)21-12-15-25(35)26(36)16-21)32(43)39-31-33(44)40(17-28(37)42)27-9-5-4-8-23(27)30(38-31)20-6-2-1-3-7-20/h1-16,24,29,31,41H,17-18H2,(H2,37,42)(H,39,43)/t24-,29+,31?/m0/s1. The Morgan fingerprint density at radius 2 is 1.55 bits per heavy atom. The molecule has 4 aromatic carbocycles. The Labute approximate surface area is 250 Å². The predicted molar refractivity (Wildman–Crippen MR) is 157 cm³/mol. The summed E-state index contributed by atoms with van der Waals surface area (Å²) in [5.41, 5.74) is 7.66. The number of halogens is 3. The molecule has 0 aromatic heterocycles. The number of carbonyl (C=O) groups is 3. The van der Waals surface area contributed by atoms with Crippen molar-refractivity contribution in [1.82, 2.24) is 5.32 Å². The SMILES string of the molecule is NC(=O)CN1C(=O)C(NC(=O)[C@H](c2ccc(F)cc2)[C@@H](CO)c2ccc(F)c(F)c2)N=C(c2ccccc2)c2ccccc21. The molecule has 11 heteroatoms. The number of hydrogen-bond acceptors (Lipinski definition) is 5. The van der Waals surface area contributed by atoms with Gasteiger partial charge in [0.15, 0.2) is 11.6 Å². The third-order valence-electron chi connectivity index (χ3n) is 7.33. The number of hydrogen-bond donors (Lipinski definition) is 3. The quantitative estimate of drug-likeness (QED) is 0.271. The monoisotopic (exact) mass is 600 g/mol. The van der Waals surface area contributed by atoms with E-state index in [0.717, 1.165) is 29.2 Å². The number of amides is 3. The highest BCUT2D eigenvalue weighted by Crippen LogP contribution is 2.35. The van der Waals surface area contributed by atoms with Crippen molar-refractivity contribution in [1.29, 1.82) is 0 Å². The number of fused-ring (bicyclic) bond motifs is 1. The number of carbonyl (C=O) groups excluding carboxylic acids is 3. The Hall–Kier alpha value is -5.29. The maximum Gasteiger partial charge on any atom is 0.272 e. The number of nitrogens with two attached hydrogens (primary N) is 1. The normalized spacial score (nSPS) is 15.9. The van der Waals surface area contributed by atoms with Gasteiger partial charge < -0.3 is 16.2 Å². The van der Waals surface area contributed by atoms with Gasteiger partial charge >= 0.3 is 0 Å². The molecule has 0 fully saturated rings. The first-order chi connectivity index (χ1) is 21.2. The van der Waals surface area contributed by atoms with Crippen LogP contribution in [0.4, 0.5) is 18.9 Å². The number of aliphatic imine (C=N–C) groups is 1. The van der Waals surface area contributed by atoms with E-state index in [-0.39, 0.29) is 11.1 Å². The number of rotatable bonds is 9. The maximum atomic E-state index is 14.2. The van der Waals surface area contributed by atoms with Crippen LogP contribution in [0.1, 0.15) is 34.1 Å². The molecule has 0 spiro atoms. The molecular formula is C33H27F3N4O4. The molecule has 224 valence electrons. The third-order valence-corrected chi connectivity index (χ3v) is 7.33. The first-order valence-electron chi connectivity index (χ1n) is 13.6. The molecule has 0 saturated carbocycles. The van der Waals surface area contributed by atoms with Gasteiger partial charge in [0.05, 0.1) is 23.9 Å². The number of nitrogens with zero attached hydrogens (tertiary/aromatic N) is 2. The van der Waals surface area contributed by atoms with Crippen LogP contribution in [0, 0.1) is 17.5 Å². The van der Waals surface area contributed by atoms with Crippen LogP contribution in [0.25, 0.3) is 0 Å². The Balaban J connectivity index is 1.61. The zero-order valence-electron chi connectivity index (χ0n) is 23.2. The van der Waals surface area contributed by atoms with Crippen molar-refractivity contribution in [2.75, 3.05) is 18.1 Å².